The first-order chi connectivity index (χ1) is 13.8. The first kappa shape index (κ1) is 27.6. The van der Waals surface area contributed by atoms with E-state index < -0.39 is 0 Å². The summed E-state index contributed by atoms with van der Waals surface area (Å²) in [7, 11) is 0. The minimum atomic E-state index is 0.961. The number of aromatic nitrogens is 2. The zero-order chi connectivity index (χ0) is 21.5. The third-order valence-electron chi connectivity index (χ3n) is 3.32. The van der Waals surface area contributed by atoms with E-state index in [4.69, 9.17) is 5.73 Å². The quantitative estimate of drug-likeness (QED) is 0.576. The lowest BCUT2D eigenvalue weighted by Gasteiger charge is -2.09. The molecule has 0 atom stereocenters. The van der Waals surface area contributed by atoms with Crippen LogP contribution in [0.5, 0.6) is 0 Å². The molecule has 4 heteroatoms. The SMILES string of the molecule is C/C=C(\NCCCCc1ccccn1)c1ccccn1.C/C=C\N.CC.CC. The smallest absolute Gasteiger partial charge is 0.0857 e. The van der Waals surface area contributed by atoms with E-state index in [-0.39, 0.29) is 0 Å². The molecule has 0 radical (unpaired) electrons. The Hall–Kier alpha value is -2.62. The minimum Gasteiger partial charge on any atom is -0.405 e. The number of nitrogens with zero attached hydrogens (tertiary/aromatic N) is 2. The molecule has 0 aliphatic carbocycles. The van der Waals surface area contributed by atoms with E-state index in [0.29, 0.717) is 0 Å². The van der Waals surface area contributed by atoms with E-state index in [0.717, 1.165) is 37.2 Å². The predicted molar refractivity (Wildman–Crippen MR) is 125 cm³/mol. The van der Waals surface area contributed by atoms with Crippen molar-refractivity contribution in [3.05, 3.63) is 78.5 Å². The van der Waals surface area contributed by atoms with Gasteiger partial charge in [0, 0.05) is 24.6 Å². The summed E-state index contributed by atoms with van der Waals surface area (Å²) in [5.41, 5.74) is 8.12. The van der Waals surface area contributed by atoms with Crippen molar-refractivity contribution in [1.29, 1.82) is 0 Å². The topological polar surface area (TPSA) is 63.8 Å². The van der Waals surface area contributed by atoms with Crippen molar-refractivity contribution < 1.29 is 0 Å². The molecule has 2 aromatic rings. The van der Waals surface area contributed by atoms with E-state index in [2.05, 4.69) is 27.4 Å². The molecule has 3 N–H and O–H groups in total. The monoisotopic (exact) mass is 384 g/mol. The summed E-state index contributed by atoms with van der Waals surface area (Å²) in [6.07, 6.45) is 12.3. The second-order valence-electron chi connectivity index (χ2n) is 5.15. The fraction of sp³-hybridized carbons (Fsp3) is 0.417. The zero-order valence-corrected chi connectivity index (χ0v) is 18.7. The molecule has 0 aromatic carbocycles. The van der Waals surface area contributed by atoms with Gasteiger partial charge in [0.2, 0.25) is 0 Å². The molecule has 0 fully saturated rings. The maximum absolute atomic E-state index is 4.85. The van der Waals surface area contributed by atoms with Crippen molar-refractivity contribution in [2.75, 3.05) is 6.54 Å². The molecule has 0 saturated heterocycles. The second-order valence-corrected chi connectivity index (χ2v) is 5.15. The van der Waals surface area contributed by atoms with Gasteiger partial charge in [0.05, 0.1) is 11.4 Å². The van der Waals surface area contributed by atoms with Crippen molar-refractivity contribution in [3.8, 4) is 0 Å². The standard InChI is InChI=1S/C17H21N3.C3H7N.2C2H6/c1-2-16(17-11-5-8-14-20-17)19-13-7-4-10-15-9-3-6-12-18-15;1-2-3-4;2*1-2/h2-3,5-6,8-9,11-12,14,19H,4,7,10,13H2,1H3;2-3H,4H2,1H3;2*1-2H3/b16-2-;3-2-;;. The first-order valence-corrected chi connectivity index (χ1v) is 10.4. The molecule has 0 bridgehead atoms. The fourth-order valence-electron chi connectivity index (χ4n) is 2.06. The molecule has 0 spiro atoms. The Morgan fingerprint density at radius 2 is 1.54 bits per heavy atom. The van der Waals surface area contributed by atoms with Gasteiger partial charge in [0.1, 0.15) is 0 Å². The van der Waals surface area contributed by atoms with Crippen LogP contribution in [-0.4, -0.2) is 16.5 Å². The van der Waals surface area contributed by atoms with E-state index >= 15 is 0 Å². The lowest BCUT2D eigenvalue weighted by Crippen LogP contribution is -2.14. The van der Waals surface area contributed by atoms with E-state index in [1.54, 1.807) is 6.08 Å². The highest BCUT2D eigenvalue weighted by atomic mass is 14.9. The number of hydrogen-bond acceptors (Lipinski definition) is 4. The average Bonchev–Trinajstić information content (AvgIpc) is 2.80. The number of rotatable bonds is 7. The summed E-state index contributed by atoms with van der Waals surface area (Å²) in [5.74, 6) is 0. The van der Waals surface area contributed by atoms with Gasteiger partial charge < -0.3 is 11.1 Å². The van der Waals surface area contributed by atoms with Gasteiger partial charge in [-0.1, -0.05) is 52.0 Å². The van der Waals surface area contributed by atoms with Gasteiger partial charge in [-0.15, -0.1) is 0 Å². The van der Waals surface area contributed by atoms with Gasteiger partial charge >= 0.3 is 0 Å². The maximum atomic E-state index is 4.85. The van der Waals surface area contributed by atoms with E-state index in [9.17, 15) is 0 Å². The van der Waals surface area contributed by atoms with Gasteiger partial charge in [0.15, 0.2) is 0 Å². The molecule has 2 rings (SSSR count). The van der Waals surface area contributed by atoms with Crippen molar-refractivity contribution in [2.24, 2.45) is 5.73 Å². The Bertz CT molecular complexity index is 589. The van der Waals surface area contributed by atoms with E-state index in [1.807, 2.05) is 84.3 Å². The molecule has 0 saturated carbocycles. The van der Waals surface area contributed by atoms with Crippen LogP contribution in [0.3, 0.4) is 0 Å². The van der Waals surface area contributed by atoms with Gasteiger partial charge in [-0.2, -0.15) is 0 Å². The van der Waals surface area contributed by atoms with Gasteiger partial charge in [0.25, 0.3) is 0 Å². The first-order valence-electron chi connectivity index (χ1n) is 10.4. The molecule has 156 valence electrons. The number of nitrogens with one attached hydrogen (secondary N) is 1. The Labute approximate surface area is 173 Å². The molecular formula is C24H40N4. The molecular weight excluding hydrogens is 344 g/mol. The average molecular weight is 385 g/mol. The summed E-state index contributed by atoms with van der Waals surface area (Å²) in [6.45, 7) is 12.9. The molecule has 0 aliphatic rings. The summed E-state index contributed by atoms with van der Waals surface area (Å²) in [4.78, 5) is 8.69. The number of pyridine rings is 2. The Kier molecular flexibility index (Phi) is 22.1. The van der Waals surface area contributed by atoms with Crippen molar-refractivity contribution in [3.63, 3.8) is 0 Å². The largest absolute Gasteiger partial charge is 0.405 e. The highest BCUT2D eigenvalue weighted by Crippen LogP contribution is 2.07. The maximum Gasteiger partial charge on any atom is 0.0857 e. The zero-order valence-electron chi connectivity index (χ0n) is 18.7. The Morgan fingerprint density at radius 1 is 0.929 bits per heavy atom. The van der Waals surface area contributed by atoms with Crippen LogP contribution in [0.4, 0.5) is 0 Å². The van der Waals surface area contributed by atoms with E-state index in [1.165, 1.54) is 11.9 Å². The normalized spacial score (nSPS) is 9.86. The van der Waals surface area contributed by atoms with Crippen LogP contribution in [0.1, 0.15) is 65.8 Å². The molecule has 0 aliphatic heterocycles. The minimum absolute atomic E-state index is 0.961. The van der Waals surface area contributed by atoms with Gasteiger partial charge in [-0.3, -0.25) is 9.97 Å². The summed E-state index contributed by atoms with van der Waals surface area (Å²) < 4.78 is 0. The molecule has 4 nitrogen and oxygen atoms in total. The molecule has 28 heavy (non-hydrogen) atoms. The molecule has 2 heterocycles. The van der Waals surface area contributed by atoms with Crippen LogP contribution in [0.15, 0.2) is 67.1 Å². The molecule has 2 aromatic heterocycles. The highest BCUT2D eigenvalue weighted by molar-refractivity contribution is 5.59. The van der Waals surface area contributed by atoms with Crippen LogP contribution in [-0.2, 0) is 6.42 Å². The lowest BCUT2D eigenvalue weighted by atomic mass is 10.1. The van der Waals surface area contributed by atoms with Gasteiger partial charge in [-0.05, 0) is 63.6 Å². The lowest BCUT2D eigenvalue weighted by molar-refractivity contribution is 0.693. The van der Waals surface area contributed by atoms with Crippen LogP contribution >= 0.6 is 0 Å². The summed E-state index contributed by atoms with van der Waals surface area (Å²) in [5, 5.41) is 3.45. The number of hydrogen-bond donors (Lipinski definition) is 2. The highest BCUT2D eigenvalue weighted by Gasteiger charge is 2.00. The van der Waals surface area contributed by atoms with Crippen molar-refractivity contribution in [1.82, 2.24) is 15.3 Å². The van der Waals surface area contributed by atoms with Crippen LogP contribution < -0.4 is 11.1 Å². The summed E-state index contributed by atoms with van der Waals surface area (Å²) >= 11 is 0. The summed E-state index contributed by atoms with van der Waals surface area (Å²) in [6, 6.07) is 12.0. The predicted octanol–water partition coefficient (Wildman–Crippen LogP) is 5.98. The number of aryl methyl sites for hydroxylation is 1. The Morgan fingerprint density at radius 3 is 2.00 bits per heavy atom. The fourth-order valence-corrected chi connectivity index (χ4v) is 2.06. The van der Waals surface area contributed by atoms with Crippen LogP contribution in [0, 0.1) is 0 Å². The third kappa shape index (κ3) is 14.5. The number of allylic oxidation sites excluding steroid dienone is 2. The second kappa shape index (κ2) is 22.4. The van der Waals surface area contributed by atoms with Crippen LogP contribution in [0.2, 0.25) is 0 Å². The molecule has 0 unspecified atom stereocenters. The molecule has 0 amide bonds. The van der Waals surface area contributed by atoms with Crippen molar-refractivity contribution in [2.45, 2.75) is 60.8 Å². The van der Waals surface area contributed by atoms with Crippen molar-refractivity contribution >= 4 is 5.70 Å². The third-order valence-corrected chi connectivity index (χ3v) is 3.32. The number of unbranched alkanes of at least 4 members (excludes halogenated alkanes) is 1. The Balaban J connectivity index is 0. The van der Waals surface area contributed by atoms with Gasteiger partial charge in [-0.25, -0.2) is 0 Å². The number of nitrogens with two attached hydrogens (primary N) is 1. The van der Waals surface area contributed by atoms with Crippen LogP contribution in [0.25, 0.3) is 5.70 Å².